The van der Waals surface area contributed by atoms with Crippen LogP contribution in [-0.2, 0) is 52.5 Å². The van der Waals surface area contributed by atoms with Crippen molar-refractivity contribution >= 4 is 84.7 Å². The fraction of sp³-hybridized carbons (Fsp3) is 0.841. The Labute approximate surface area is 422 Å². The van der Waals surface area contributed by atoms with Crippen molar-refractivity contribution in [2.75, 3.05) is 105 Å². The molecule has 0 fully saturated rings. The molecule has 0 rings (SSSR count). The maximum Gasteiger partial charge on any atom is 0.320 e. The molecule has 0 saturated carbocycles. The molecule has 0 heterocycles. The lowest BCUT2D eigenvalue weighted by Crippen LogP contribution is -2.36. The van der Waals surface area contributed by atoms with E-state index in [1.54, 1.807) is 33.3 Å². The third-order valence-electron chi connectivity index (χ3n) is 8.52. The number of amides is 3. The number of aldehydes is 1. The zero-order chi connectivity index (χ0) is 51.6. The van der Waals surface area contributed by atoms with Crippen LogP contribution in [-0.4, -0.2) is 179 Å². The van der Waals surface area contributed by atoms with Crippen molar-refractivity contribution in [1.29, 1.82) is 0 Å². The van der Waals surface area contributed by atoms with Crippen molar-refractivity contribution in [2.24, 2.45) is 0 Å². The van der Waals surface area contributed by atoms with Gasteiger partial charge in [0.15, 0.2) is 0 Å². The lowest BCUT2D eigenvalue weighted by molar-refractivity contribution is -0.140. The normalized spacial score (nSPS) is 10.8. The van der Waals surface area contributed by atoms with E-state index >= 15 is 0 Å². The lowest BCUT2D eigenvalue weighted by atomic mass is 10.1. The third kappa shape index (κ3) is 70.3. The summed E-state index contributed by atoms with van der Waals surface area (Å²) >= 11 is 1.75. The second kappa shape index (κ2) is 66.8. The predicted octanol–water partition coefficient (Wildman–Crippen LogP) is 4.62. The van der Waals surface area contributed by atoms with E-state index < -0.39 is 30.0 Å². The van der Waals surface area contributed by atoms with Crippen LogP contribution in [0.15, 0.2) is 0 Å². The van der Waals surface area contributed by atoms with Crippen molar-refractivity contribution in [1.82, 2.24) is 26.4 Å². The van der Waals surface area contributed by atoms with Gasteiger partial charge < -0.3 is 65.8 Å². The Bertz CT molecular complexity index is 1160. The van der Waals surface area contributed by atoms with Gasteiger partial charge in [0.1, 0.15) is 31.6 Å². The number of carboxylic acids is 3. The van der Waals surface area contributed by atoms with Gasteiger partial charge >= 0.3 is 17.9 Å². The summed E-state index contributed by atoms with van der Waals surface area (Å²) in [5.41, 5.74) is 0. The molecule has 0 aromatic rings. The molecule has 10 N–H and O–H groups in total. The second-order valence-electron chi connectivity index (χ2n) is 14.0. The van der Waals surface area contributed by atoms with Gasteiger partial charge in [0.2, 0.25) is 17.7 Å². The summed E-state index contributed by atoms with van der Waals surface area (Å²) in [5.74, 6) is -3.43. The molecular weight excluding hydrogens is 966 g/mol. The quantitative estimate of drug-likeness (QED) is 0.0179. The number of nitrogens with one attached hydrogen (secondary N) is 5. The molecule has 0 aliphatic heterocycles. The molecule has 406 valence electrons. The maximum absolute atomic E-state index is 11.7. The molecule has 0 bridgehead atoms. The highest BCUT2D eigenvalue weighted by molar-refractivity contribution is 8.76. The molecule has 68 heavy (non-hydrogen) atoms. The standard InChI is InChI=1S/C24H46N5O11P.C14H26O3.C2H6S2.C2H6S.C2H6.H2O/c1-25-18(23(33)34)5-6-20(30)27-8-10-37-12-15-40-17-22(32)28-9-11-38-13-14-39-16-21(31)26-7-3-2-4-19(29-41)24(35)36;15-13-11-9-7-5-3-1-2-4-6-8-10-12-14(16)17;1-3-4-2;1-3-2;1-2;/h18-19,25,29H,2-17,41H2,1H3,(H,26,31)(H,27,30)(H,28,32)(H,33,34)(H,35,36);13H,1-12H2,(H,16,17);1-2H3;1-2H3;1-2H3;1H2. The van der Waals surface area contributed by atoms with Gasteiger partial charge in [0.05, 0.1) is 39.6 Å². The fourth-order valence-electron chi connectivity index (χ4n) is 5.05. The smallest absolute Gasteiger partial charge is 0.320 e. The van der Waals surface area contributed by atoms with Crippen LogP contribution in [0, 0.1) is 0 Å². The van der Waals surface area contributed by atoms with Crippen molar-refractivity contribution in [3.05, 3.63) is 0 Å². The largest absolute Gasteiger partial charge is 0.481 e. The number of likely N-dealkylation sites (N-methyl/N-ethyl adjacent to an activating group) is 1. The number of unbranched alkanes of at least 4 members (excludes halogenated alkanes) is 11. The van der Waals surface area contributed by atoms with E-state index in [9.17, 15) is 33.6 Å². The molecule has 0 saturated heterocycles. The monoisotopic (exact) mass is 1060 g/mol. The van der Waals surface area contributed by atoms with Crippen molar-refractivity contribution in [3.63, 3.8) is 0 Å². The lowest BCUT2D eigenvalue weighted by Gasteiger charge is -2.11. The van der Waals surface area contributed by atoms with Crippen LogP contribution in [0.4, 0.5) is 0 Å². The summed E-state index contributed by atoms with van der Waals surface area (Å²) in [4.78, 5) is 77.2. The van der Waals surface area contributed by atoms with Gasteiger partial charge in [-0.15, -0.1) is 0 Å². The molecule has 3 unspecified atom stereocenters. The summed E-state index contributed by atoms with van der Waals surface area (Å²) in [6.07, 6.45) is 23.8. The van der Waals surface area contributed by atoms with Crippen molar-refractivity contribution in [2.45, 2.75) is 135 Å². The molecule has 0 aromatic carbocycles. The summed E-state index contributed by atoms with van der Waals surface area (Å²) < 4.78 is 21.1. The first-order valence-corrected chi connectivity index (χ1v) is 28.3. The number of carboxylic acid groups (broad SMARTS) is 3. The molecule has 0 aromatic heterocycles. The van der Waals surface area contributed by atoms with Crippen LogP contribution in [0.2, 0.25) is 0 Å². The third-order valence-corrected chi connectivity index (χ3v) is 10.3. The van der Waals surface area contributed by atoms with E-state index in [-0.39, 0.29) is 102 Å². The number of carbonyl (C=O) groups is 7. The summed E-state index contributed by atoms with van der Waals surface area (Å²) in [6.45, 7) is 6.22. The minimum Gasteiger partial charge on any atom is -0.481 e. The van der Waals surface area contributed by atoms with Gasteiger partial charge in [-0.3, -0.25) is 33.9 Å². The maximum atomic E-state index is 11.7. The van der Waals surface area contributed by atoms with Crippen LogP contribution in [0.1, 0.15) is 123 Å². The van der Waals surface area contributed by atoms with Crippen LogP contribution < -0.4 is 26.4 Å². The SMILES string of the molecule is CC.CNC(CCC(=O)NCCOCCOCC(=O)NCCOCCOCC(=O)NCCCCC(NP)C(=O)O)C(=O)O.CSC.CSSC.O.O=CCCCCCCCCCCCCC(=O)O. The number of carbonyl (C=O) groups excluding carboxylic acids is 4. The summed E-state index contributed by atoms with van der Waals surface area (Å²) in [5, 5.41) is 39.5. The Morgan fingerprint density at radius 1 is 0.544 bits per heavy atom. The van der Waals surface area contributed by atoms with E-state index in [0.717, 1.165) is 25.5 Å². The number of hydrogen-bond donors (Lipinski definition) is 8. The number of rotatable bonds is 42. The Balaban J connectivity index is -0.000000293. The van der Waals surface area contributed by atoms with E-state index in [4.69, 9.17) is 34.3 Å². The van der Waals surface area contributed by atoms with Crippen LogP contribution in [0.25, 0.3) is 0 Å². The van der Waals surface area contributed by atoms with E-state index in [1.165, 1.54) is 52.0 Å². The molecule has 24 heteroatoms. The first-order valence-electron chi connectivity index (χ1n) is 23.1. The minimum absolute atomic E-state index is 0. The molecule has 20 nitrogen and oxygen atoms in total. The van der Waals surface area contributed by atoms with Crippen LogP contribution in [0.5, 0.6) is 0 Å². The van der Waals surface area contributed by atoms with Gasteiger partial charge in [-0.25, -0.2) is 0 Å². The average Bonchev–Trinajstić information content (AvgIpc) is 3.30. The zero-order valence-electron chi connectivity index (χ0n) is 42.2. The van der Waals surface area contributed by atoms with Gasteiger partial charge in [-0.05, 0) is 70.6 Å². The van der Waals surface area contributed by atoms with E-state index in [1.807, 2.05) is 26.4 Å². The Hall–Kier alpha value is -2.31. The highest BCUT2D eigenvalue weighted by Crippen LogP contribution is 2.12. The first-order chi connectivity index (χ1) is 32.3. The van der Waals surface area contributed by atoms with Crippen LogP contribution in [0.3, 0.4) is 0 Å². The number of thioether (sulfide) groups is 1. The fourth-order valence-corrected chi connectivity index (χ4v) is 5.36. The minimum atomic E-state index is -1.00. The predicted molar refractivity (Wildman–Crippen MR) is 281 cm³/mol. The Morgan fingerprint density at radius 2 is 0.956 bits per heavy atom. The topological polar surface area (TPSA) is 309 Å². The highest BCUT2D eigenvalue weighted by Gasteiger charge is 2.16. The first kappa shape index (κ1) is 77.2. The van der Waals surface area contributed by atoms with Gasteiger partial charge in [0, 0.05) is 38.9 Å². The summed E-state index contributed by atoms with van der Waals surface area (Å²) in [6, 6.07) is -1.38. The number of hydrogen-bond acceptors (Lipinski definition) is 16. The molecule has 0 spiro atoms. The molecule has 3 amide bonds. The molecular formula is C44H92N5O15PS3. The Morgan fingerprint density at radius 3 is 1.35 bits per heavy atom. The van der Waals surface area contributed by atoms with Gasteiger partial charge in [-0.1, -0.05) is 96.2 Å². The molecule has 0 radical (unpaired) electrons. The zero-order valence-corrected chi connectivity index (χ0v) is 45.8. The van der Waals surface area contributed by atoms with Gasteiger partial charge in [-0.2, -0.15) is 11.8 Å². The number of ether oxygens (including phenoxy) is 4. The average molecular weight is 1060 g/mol. The van der Waals surface area contributed by atoms with E-state index in [2.05, 4.69) is 48.3 Å². The van der Waals surface area contributed by atoms with E-state index in [0.29, 0.717) is 38.6 Å². The van der Waals surface area contributed by atoms with Crippen LogP contribution >= 0.6 is 42.7 Å². The van der Waals surface area contributed by atoms with Gasteiger partial charge in [0.25, 0.3) is 0 Å². The molecule has 3 atom stereocenters. The molecule has 0 aliphatic carbocycles. The Kier molecular flexibility index (Phi) is 75.8. The van der Waals surface area contributed by atoms with Crippen molar-refractivity contribution < 1.29 is 73.3 Å². The second-order valence-corrected chi connectivity index (χ2v) is 17.8. The summed E-state index contributed by atoms with van der Waals surface area (Å²) in [7, 11) is 7.26. The highest BCUT2D eigenvalue weighted by atomic mass is 33.1. The number of aliphatic carboxylic acids is 3. The van der Waals surface area contributed by atoms with Crippen molar-refractivity contribution in [3.8, 4) is 0 Å². The molecule has 0 aliphatic rings.